The van der Waals surface area contributed by atoms with Crippen LogP contribution < -0.4 is 0 Å². The molecule has 0 atom stereocenters. The maximum Gasteiger partial charge on any atom is 0.515 e. The standard InChI is InChI=1S/C4H6O4/c1-3(5)8-4(6)7-2/h1-2H3. The molecule has 0 amide bonds. The van der Waals surface area contributed by atoms with Crippen molar-refractivity contribution in [1.29, 1.82) is 0 Å². The van der Waals surface area contributed by atoms with Crippen LogP contribution in [0, 0.1) is 0 Å². The van der Waals surface area contributed by atoms with Gasteiger partial charge in [0.25, 0.3) is 0 Å². The first kappa shape index (κ1) is 6.94. The predicted octanol–water partition coefficient (Wildman–Crippen LogP) is 0.316. The van der Waals surface area contributed by atoms with Crippen LogP contribution in [0.25, 0.3) is 0 Å². The predicted molar refractivity (Wildman–Crippen MR) is 24.2 cm³/mol. The number of carbonyl (C=O) groups excluding carboxylic acids is 2. The zero-order valence-electron chi connectivity index (χ0n) is 4.63. The summed E-state index contributed by atoms with van der Waals surface area (Å²) < 4.78 is 7.88. The van der Waals surface area contributed by atoms with Crippen molar-refractivity contribution in [2.75, 3.05) is 7.11 Å². The maximum atomic E-state index is 9.96. The van der Waals surface area contributed by atoms with E-state index in [0.717, 1.165) is 14.0 Å². The molecular weight excluding hydrogens is 112 g/mol. The van der Waals surface area contributed by atoms with Crippen LogP contribution in [-0.4, -0.2) is 19.2 Å². The van der Waals surface area contributed by atoms with Crippen LogP contribution in [0.5, 0.6) is 0 Å². The summed E-state index contributed by atoms with van der Waals surface area (Å²) in [6, 6.07) is 0. The maximum absolute atomic E-state index is 9.96. The molecule has 0 saturated heterocycles. The van der Waals surface area contributed by atoms with Gasteiger partial charge in [0.2, 0.25) is 0 Å². The summed E-state index contributed by atoms with van der Waals surface area (Å²) in [6.07, 6.45) is -0.975. The fraction of sp³-hybridized carbons (Fsp3) is 0.500. The van der Waals surface area contributed by atoms with Crippen molar-refractivity contribution in [3.05, 3.63) is 0 Å². The monoisotopic (exact) mass is 118 g/mol. The fourth-order valence-electron chi connectivity index (χ4n) is 0.159. The molecule has 0 aliphatic heterocycles. The quantitative estimate of drug-likeness (QED) is 0.339. The molecule has 0 aromatic carbocycles. The smallest absolute Gasteiger partial charge is 0.437 e. The average molecular weight is 118 g/mol. The molecule has 0 radical (unpaired) electrons. The number of carbonyl (C=O) groups is 2. The molecule has 4 heteroatoms. The Morgan fingerprint density at radius 3 is 2.00 bits per heavy atom. The van der Waals surface area contributed by atoms with Gasteiger partial charge < -0.3 is 9.47 Å². The molecule has 8 heavy (non-hydrogen) atoms. The molecule has 46 valence electrons. The molecule has 0 spiro atoms. The van der Waals surface area contributed by atoms with E-state index in [1.165, 1.54) is 0 Å². The van der Waals surface area contributed by atoms with Gasteiger partial charge in [0.1, 0.15) is 0 Å². The lowest BCUT2D eigenvalue weighted by Gasteiger charge is -1.93. The number of esters is 1. The molecule has 0 unspecified atom stereocenters. The highest BCUT2D eigenvalue weighted by molar-refractivity contribution is 5.79. The molecule has 0 bridgehead atoms. The molecule has 0 aromatic heterocycles. The van der Waals surface area contributed by atoms with Crippen LogP contribution in [-0.2, 0) is 14.3 Å². The number of ether oxygens (including phenoxy) is 2. The number of rotatable bonds is 0. The summed E-state index contributed by atoms with van der Waals surface area (Å²) in [6.45, 7) is 1.12. The molecule has 0 aromatic rings. The van der Waals surface area contributed by atoms with Gasteiger partial charge in [0.05, 0.1) is 7.11 Å². The van der Waals surface area contributed by atoms with Crippen molar-refractivity contribution in [1.82, 2.24) is 0 Å². The minimum absolute atomic E-state index is 0.670. The second-order valence-electron chi connectivity index (χ2n) is 1.05. The Labute approximate surface area is 46.4 Å². The van der Waals surface area contributed by atoms with E-state index in [0.29, 0.717) is 0 Å². The fourth-order valence-corrected chi connectivity index (χ4v) is 0.159. The zero-order valence-corrected chi connectivity index (χ0v) is 4.63. The van der Waals surface area contributed by atoms with E-state index in [1.807, 2.05) is 0 Å². The van der Waals surface area contributed by atoms with Gasteiger partial charge in [-0.25, -0.2) is 4.79 Å². The van der Waals surface area contributed by atoms with Gasteiger partial charge in [0, 0.05) is 6.92 Å². The van der Waals surface area contributed by atoms with Crippen LogP contribution in [0.15, 0.2) is 0 Å². The highest BCUT2D eigenvalue weighted by Gasteiger charge is 2.01. The van der Waals surface area contributed by atoms with E-state index in [-0.39, 0.29) is 0 Å². The van der Waals surface area contributed by atoms with E-state index in [9.17, 15) is 9.59 Å². The Bertz CT molecular complexity index is 107. The van der Waals surface area contributed by atoms with Gasteiger partial charge in [-0.15, -0.1) is 0 Å². The van der Waals surface area contributed by atoms with Crippen LogP contribution >= 0.6 is 0 Å². The third kappa shape index (κ3) is 3.14. The van der Waals surface area contributed by atoms with Gasteiger partial charge in [-0.2, -0.15) is 0 Å². The molecule has 0 rings (SSSR count). The van der Waals surface area contributed by atoms with Crippen LogP contribution in [0.2, 0.25) is 0 Å². The van der Waals surface area contributed by atoms with Crippen LogP contribution in [0.3, 0.4) is 0 Å². The third-order valence-electron chi connectivity index (χ3n) is 0.394. The van der Waals surface area contributed by atoms with Crippen molar-refractivity contribution in [2.45, 2.75) is 6.92 Å². The summed E-state index contributed by atoms with van der Waals surface area (Å²) in [5, 5.41) is 0. The van der Waals surface area contributed by atoms with Crippen molar-refractivity contribution >= 4 is 12.1 Å². The summed E-state index contributed by atoms with van der Waals surface area (Å²) in [4.78, 5) is 19.8. The number of methoxy groups -OCH3 is 1. The Hall–Kier alpha value is -1.06. The second-order valence-corrected chi connectivity index (χ2v) is 1.05. The van der Waals surface area contributed by atoms with E-state index in [4.69, 9.17) is 0 Å². The Morgan fingerprint density at radius 2 is 1.88 bits per heavy atom. The lowest BCUT2D eigenvalue weighted by molar-refractivity contribution is -0.136. The highest BCUT2D eigenvalue weighted by atomic mass is 16.7. The summed E-state index contributed by atoms with van der Waals surface area (Å²) in [5.41, 5.74) is 0. The molecule has 0 heterocycles. The normalized spacial score (nSPS) is 7.75. The minimum Gasteiger partial charge on any atom is -0.437 e. The molecule has 0 saturated carbocycles. The van der Waals surface area contributed by atoms with Crippen LogP contribution in [0.4, 0.5) is 4.79 Å². The van der Waals surface area contributed by atoms with Gasteiger partial charge in [-0.05, 0) is 0 Å². The van der Waals surface area contributed by atoms with Crippen molar-refractivity contribution < 1.29 is 19.1 Å². The molecule has 0 aliphatic rings. The first-order valence-electron chi connectivity index (χ1n) is 1.93. The van der Waals surface area contributed by atoms with Gasteiger partial charge in [0.15, 0.2) is 0 Å². The molecule has 0 fully saturated rings. The van der Waals surface area contributed by atoms with Crippen molar-refractivity contribution in [3.63, 3.8) is 0 Å². The number of hydrogen-bond donors (Lipinski definition) is 0. The van der Waals surface area contributed by atoms with E-state index < -0.39 is 12.1 Å². The highest BCUT2D eigenvalue weighted by Crippen LogP contribution is 1.80. The van der Waals surface area contributed by atoms with E-state index >= 15 is 0 Å². The van der Waals surface area contributed by atoms with Crippen molar-refractivity contribution in [2.24, 2.45) is 0 Å². The Kier molecular flexibility index (Phi) is 2.61. The first-order chi connectivity index (χ1) is 3.66. The summed E-state index contributed by atoms with van der Waals surface area (Å²) in [7, 11) is 1.13. The Morgan fingerprint density at radius 1 is 1.38 bits per heavy atom. The molecule has 4 nitrogen and oxygen atoms in total. The zero-order chi connectivity index (χ0) is 6.57. The van der Waals surface area contributed by atoms with Gasteiger partial charge in [-0.3, -0.25) is 4.79 Å². The van der Waals surface area contributed by atoms with E-state index in [1.54, 1.807) is 0 Å². The first-order valence-corrected chi connectivity index (χ1v) is 1.93. The second kappa shape index (κ2) is 3.01. The lowest BCUT2D eigenvalue weighted by Crippen LogP contribution is -2.07. The van der Waals surface area contributed by atoms with Crippen molar-refractivity contribution in [3.8, 4) is 0 Å². The Balaban J connectivity index is 3.40. The minimum atomic E-state index is -0.975. The summed E-state index contributed by atoms with van der Waals surface area (Å²) >= 11 is 0. The molecule has 0 aliphatic carbocycles. The number of hydrogen-bond acceptors (Lipinski definition) is 4. The largest absolute Gasteiger partial charge is 0.515 e. The SMILES string of the molecule is COC(=O)OC(C)=O. The topological polar surface area (TPSA) is 52.6 Å². The summed E-state index contributed by atoms with van der Waals surface area (Å²) in [5.74, 6) is -0.670. The van der Waals surface area contributed by atoms with E-state index in [2.05, 4.69) is 9.47 Å². The van der Waals surface area contributed by atoms with Gasteiger partial charge >= 0.3 is 12.1 Å². The molecule has 0 N–H and O–H groups in total. The van der Waals surface area contributed by atoms with Gasteiger partial charge in [-0.1, -0.05) is 0 Å². The molecular formula is C4H6O4. The van der Waals surface area contributed by atoms with Crippen LogP contribution in [0.1, 0.15) is 6.92 Å². The third-order valence-corrected chi connectivity index (χ3v) is 0.394. The lowest BCUT2D eigenvalue weighted by atomic mass is 10.8. The average Bonchev–Trinajstić information content (AvgIpc) is 1.65.